The maximum absolute atomic E-state index is 5.59. The molecule has 1 atom stereocenters. The zero-order valence-electron chi connectivity index (χ0n) is 6.64. The summed E-state index contributed by atoms with van der Waals surface area (Å²) in [4.78, 5) is 2.41. The van der Waals surface area contributed by atoms with Crippen molar-refractivity contribution in [2.45, 2.75) is 13.3 Å². The molecule has 1 saturated heterocycles. The van der Waals surface area contributed by atoms with Crippen molar-refractivity contribution in [3.05, 3.63) is 12.3 Å². The van der Waals surface area contributed by atoms with Crippen LogP contribution in [-0.4, -0.2) is 24.5 Å². The van der Waals surface area contributed by atoms with Gasteiger partial charge in [0.05, 0.1) is 0 Å². The van der Waals surface area contributed by atoms with Crippen molar-refractivity contribution in [3.8, 4) is 0 Å². The second-order valence-corrected chi connectivity index (χ2v) is 2.95. The number of rotatable bonds is 2. The smallest absolute Gasteiger partial charge is 0.0118 e. The van der Waals surface area contributed by atoms with Crippen LogP contribution in [0.15, 0.2) is 12.3 Å². The Morgan fingerprint density at radius 3 is 2.80 bits per heavy atom. The van der Waals surface area contributed by atoms with Gasteiger partial charge in [0.25, 0.3) is 0 Å². The van der Waals surface area contributed by atoms with Crippen molar-refractivity contribution in [2.75, 3.05) is 19.6 Å². The Balaban J connectivity index is 2.35. The molecule has 1 aliphatic heterocycles. The minimum atomic E-state index is 0.556. The summed E-state index contributed by atoms with van der Waals surface area (Å²) in [6.45, 7) is 9.39. The van der Waals surface area contributed by atoms with Crippen LogP contribution in [0.5, 0.6) is 0 Å². The van der Waals surface area contributed by atoms with Gasteiger partial charge in [0.15, 0.2) is 0 Å². The van der Waals surface area contributed by atoms with Crippen LogP contribution < -0.4 is 5.73 Å². The molecule has 1 aliphatic rings. The molecule has 1 unspecified atom stereocenters. The lowest BCUT2D eigenvalue weighted by Crippen LogP contribution is -2.21. The SMILES string of the molecule is C=C(N)C1CCN(CC)C1. The van der Waals surface area contributed by atoms with Gasteiger partial charge in [-0.3, -0.25) is 0 Å². The standard InChI is InChI=1S/C8H16N2/c1-3-10-5-4-8(6-10)7(2)9/h8H,2-6,9H2,1H3. The summed E-state index contributed by atoms with van der Waals surface area (Å²) in [5.41, 5.74) is 6.45. The first-order valence-corrected chi connectivity index (χ1v) is 3.90. The summed E-state index contributed by atoms with van der Waals surface area (Å²) in [5, 5.41) is 0. The molecule has 0 saturated carbocycles. The fraction of sp³-hybridized carbons (Fsp3) is 0.750. The number of nitrogens with zero attached hydrogens (tertiary/aromatic N) is 1. The van der Waals surface area contributed by atoms with Crippen LogP contribution >= 0.6 is 0 Å². The van der Waals surface area contributed by atoms with Gasteiger partial charge in [0, 0.05) is 18.2 Å². The predicted molar refractivity (Wildman–Crippen MR) is 43.5 cm³/mol. The summed E-state index contributed by atoms with van der Waals surface area (Å²) in [6, 6.07) is 0. The lowest BCUT2D eigenvalue weighted by molar-refractivity contribution is 0.349. The lowest BCUT2D eigenvalue weighted by Gasteiger charge is -2.12. The minimum Gasteiger partial charge on any atom is -0.402 e. The number of likely N-dealkylation sites (tertiary alicyclic amines) is 1. The Morgan fingerprint density at radius 2 is 2.50 bits per heavy atom. The van der Waals surface area contributed by atoms with Crippen LogP contribution in [0.2, 0.25) is 0 Å². The topological polar surface area (TPSA) is 29.3 Å². The fourth-order valence-corrected chi connectivity index (χ4v) is 1.42. The monoisotopic (exact) mass is 140 g/mol. The normalized spacial score (nSPS) is 27.1. The summed E-state index contributed by atoms with van der Waals surface area (Å²) in [6.07, 6.45) is 1.20. The largest absolute Gasteiger partial charge is 0.402 e. The zero-order chi connectivity index (χ0) is 7.56. The molecule has 2 nitrogen and oxygen atoms in total. The van der Waals surface area contributed by atoms with Crippen LogP contribution in [0.1, 0.15) is 13.3 Å². The summed E-state index contributed by atoms with van der Waals surface area (Å²) in [5.74, 6) is 0.556. The summed E-state index contributed by atoms with van der Waals surface area (Å²) >= 11 is 0. The second kappa shape index (κ2) is 3.06. The van der Waals surface area contributed by atoms with Crippen molar-refractivity contribution in [3.63, 3.8) is 0 Å². The third kappa shape index (κ3) is 1.51. The average molecular weight is 140 g/mol. The molecule has 0 bridgehead atoms. The molecule has 0 aliphatic carbocycles. The van der Waals surface area contributed by atoms with Gasteiger partial charge in [0.2, 0.25) is 0 Å². The molecule has 2 heteroatoms. The third-order valence-electron chi connectivity index (χ3n) is 2.24. The van der Waals surface area contributed by atoms with E-state index < -0.39 is 0 Å². The molecule has 1 fully saturated rings. The molecule has 1 rings (SSSR count). The first kappa shape index (κ1) is 7.61. The highest BCUT2D eigenvalue weighted by molar-refractivity contribution is 4.98. The maximum atomic E-state index is 5.59. The van der Waals surface area contributed by atoms with Crippen LogP contribution in [0.25, 0.3) is 0 Å². The van der Waals surface area contributed by atoms with Crippen molar-refractivity contribution < 1.29 is 0 Å². The second-order valence-electron chi connectivity index (χ2n) is 2.95. The van der Waals surface area contributed by atoms with E-state index in [1.54, 1.807) is 0 Å². The molecule has 2 N–H and O–H groups in total. The zero-order valence-corrected chi connectivity index (χ0v) is 6.64. The number of hydrogen-bond acceptors (Lipinski definition) is 2. The highest BCUT2D eigenvalue weighted by Crippen LogP contribution is 2.18. The van der Waals surface area contributed by atoms with Gasteiger partial charge in [-0.15, -0.1) is 0 Å². The van der Waals surface area contributed by atoms with E-state index in [9.17, 15) is 0 Å². The number of nitrogens with two attached hydrogens (primary N) is 1. The molecule has 10 heavy (non-hydrogen) atoms. The first-order chi connectivity index (χ1) is 4.74. The summed E-state index contributed by atoms with van der Waals surface area (Å²) < 4.78 is 0. The van der Waals surface area contributed by atoms with Crippen LogP contribution in [0.3, 0.4) is 0 Å². The van der Waals surface area contributed by atoms with Gasteiger partial charge in [0.1, 0.15) is 0 Å². The van der Waals surface area contributed by atoms with E-state index in [0.717, 1.165) is 18.8 Å². The Bertz CT molecular complexity index is 131. The quantitative estimate of drug-likeness (QED) is 0.614. The van der Waals surface area contributed by atoms with E-state index in [2.05, 4.69) is 18.4 Å². The van der Waals surface area contributed by atoms with Gasteiger partial charge >= 0.3 is 0 Å². The third-order valence-corrected chi connectivity index (χ3v) is 2.24. The molecule has 0 spiro atoms. The van der Waals surface area contributed by atoms with Crippen molar-refractivity contribution >= 4 is 0 Å². The van der Waals surface area contributed by atoms with Gasteiger partial charge in [-0.2, -0.15) is 0 Å². The molecule has 1 heterocycles. The predicted octanol–water partition coefficient (Wildman–Crippen LogP) is 0.801. The fourth-order valence-electron chi connectivity index (χ4n) is 1.42. The molecule has 0 aromatic rings. The Labute approximate surface area is 62.7 Å². The van der Waals surface area contributed by atoms with E-state index in [4.69, 9.17) is 5.73 Å². The number of hydrogen-bond donors (Lipinski definition) is 1. The average Bonchev–Trinajstić information content (AvgIpc) is 2.34. The molecular weight excluding hydrogens is 124 g/mol. The molecule has 0 aromatic carbocycles. The maximum Gasteiger partial charge on any atom is 0.0118 e. The molecular formula is C8H16N2. The van der Waals surface area contributed by atoms with Crippen molar-refractivity contribution in [1.82, 2.24) is 4.90 Å². The van der Waals surface area contributed by atoms with E-state index in [1.807, 2.05) is 0 Å². The van der Waals surface area contributed by atoms with Crippen LogP contribution in [0.4, 0.5) is 0 Å². The van der Waals surface area contributed by atoms with E-state index >= 15 is 0 Å². The van der Waals surface area contributed by atoms with E-state index in [1.165, 1.54) is 13.0 Å². The van der Waals surface area contributed by atoms with Gasteiger partial charge < -0.3 is 10.6 Å². The highest BCUT2D eigenvalue weighted by atomic mass is 15.1. The highest BCUT2D eigenvalue weighted by Gasteiger charge is 2.21. The van der Waals surface area contributed by atoms with Crippen LogP contribution in [0, 0.1) is 5.92 Å². The molecule has 0 amide bonds. The minimum absolute atomic E-state index is 0.556. The van der Waals surface area contributed by atoms with Crippen molar-refractivity contribution in [1.29, 1.82) is 0 Å². The molecule has 0 radical (unpaired) electrons. The van der Waals surface area contributed by atoms with Gasteiger partial charge in [-0.05, 0) is 19.5 Å². The Hall–Kier alpha value is -0.500. The van der Waals surface area contributed by atoms with E-state index in [-0.39, 0.29) is 0 Å². The van der Waals surface area contributed by atoms with Crippen LogP contribution in [-0.2, 0) is 0 Å². The molecule has 0 aromatic heterocycles. The molecule has 58 valence electrons. The van der Waals surface area contributed by atoms with Gasteiger partial charge in [-0.25, -0.2) is 0 Å². The van der Waals surface area contributed by atoms with E-state index in [0.29, 0.717) is 5.92 Å². The Kier molecular flexibility index (Phi) is 2.33. The lowest BCUT2D eigenvalue weighted by atomic mass is 10.1. The summed E-state index contributed by atoms with van der Waals surface area (Å²) in [7, 11) is 0. The first-order valence-electron chi connectivity index (χ1n) is 3.90. The Morgan fingerprint density at radius 1 is 1.80 bits per heavy atom. The van der Waals surface area contributed by atoms with Crippen molar-refractivity contribution in [2.24, 2.45) is 11.7 Å². The van der Waals surface area contributed by atoms with Gasteiger partial charge in [-0.1, -0.05) is 13.5 Å².